The molecule has 0 unspecified atom stereocenters. The highest BCUT2D eigenvalue weighted by Crippen LogP contribution is 2.28. The number of aldehydes is 1. The minimum atomic E-state index is 0.473. The molecule has 0 N–H and O–H groups in total. The number of nitrogens with zero attached hydrogens (tertiary/aromatic N) is 1. The minimum absolute atomic E-state index is 0.473. The first-order chi connectivity index (χ1) is 7.83. The van der Waals surface area contributed by atoms with Crippen molar-refractivity contribution in [2.24, 2.45) is 0 Å². The van der Waals surface area contributed by atoms with Crippen molar-refractivity contribution in [3.63, 3.8) is 0 Å². The van der Waals surface area contributed by atoms with Crippen LogP contribution in [0.25, 0.3) is 0 Å². The summed E-state index contributed by atoms with van der Waals surface area (Å²) in [6.07, 6.45) is 0.772. The van der Waals surface area contributed by atoms with Gasteiger partial charge in [0.15, 0.2) is 6.29 Å². The van der Waals surface area contributed by atoms with Gasteiger partial charge < -0.3 is 4.74 Å². The summed E-state index contributed by atoms with van der Waals surface area (Å²) >= 11 is 1.31. The van der Waals surface area contributed by atoms with Crippen molar-refractivity contribution >= 4 is 17.6 Å². The fourth-order valence-electron chi connectivity index (χ4n) is 1.22. The van der Waals surface area contributed by atoms with E-state index in [4.69, 9.17) is 10.00 Å². The first-order valence-electron chi connectivity index (χ1n) is 4.54. The second-order valence-corrected chi connectivity index (χ2v) is 3.96. The molecule has 0 aliphatic rings. The number of thiophene rings is 1. The van der Waals surface area contributed by atoms with Crippen LogP contribution < -0.4 is 4.74 Å². The van der Waals surface area contributed by atoms with Crippen molar-refractivity contribution in [3.05, 3.63) is 46.2 Å². The molecule has 0 fully saturated rings. The van der Waals surface area contributed by atoms with Gasteiger partial charge in [0.05, 0.1) is 10.4 Å². The number of hydrogen-bond donors (Lipinski definition) is 0. The molecule has 3 nitrogen and oxygen atoms in total. The van der Waals surface area contributed by atoms with E-state index in [2.05, 4.69) is 0 Å². The highest BCUT2D eigenvalue weighted by molar-refractivity contribution is 7.11. The summed E-state index contributed by atoms with van der Waals surface area (Å²) in [5.74, 6) is 1.08. The van der Waals surface area contributed by atoms with E-state index >= 15 is 0 Å². The van der Waals surface area contributed by atoms with E-state index in [1.807, 2.05) is 6.07 Å². The van der Waals surface area contributed by atoms with Crippen LogP contribution in [0, 0.1) is 11.3 Å². The Kier molecular flexibility index (Phi) is 2.99. The third-order valence-corrected chi connectivity index (χ3v) is 2.78. The summed E-state index contributed by atoms with van der Waals surface area (Å²) in [6.45, 7) is 0. The number of hydrogen-bond acceptors (Lipinski definition) is 4. The molecule has 0 aliphatic heterocycles. The van der Waals surface area contributed by atoms with Crippen molar-refractivity contribution < 1.29 is 9.53 Å². The van der Waals surface area contributed by atoms with Gasteiger partial charge in [-0.3, -0.25) is 4.79 Å². The molecule has 2 rings (SSSR count). The number of carbonyl (C=O) groups excluding carboxylic acids is 1. The third kappa shape index (κ3) is 2.10. The number of ether oxygens (including phenoxy) is 1. The third-order valence-electron chi connectivity index (χ3n) is 1.95. The molecule has 0 aliphatic carbocycles. The molecule has 1 aromatic heterocycles. The summed E-state index contributed by atoms with van der Waals surface area (Å²) in [5.41, 5.74) is 0.473. The first-order valence-corrected chi connectivity index (χ1v) is 5.42. The van der Waals surface area contributed by atoms with Crippen LogP contribution in [-0.4, -0.2) is 6.29 Å². The lowest BCUT2D eigenvalue weighted by Gasteiger charge is -2.03. The van der Waals surface area contributed by atoms with E-state index in [0.29, 0.717) is 21.9 Å². The SMILES string of the molecule is N#Cc1ccccc1Oc1csc(C=O)c1. The maximum Gasteiger partial charge on any atom is 0.160 e. The van der Waals surface area contributed by atoms with Gasteiger partial charge in [-0.15, -0.1) is 11.3 Å². The number of rotatable bonds is 3. The van der Waals surface area contributed by atoms with Gasteiger partial charge in [0.1, 0.15) is 17.6 Å². The summed E-state index contributed by atoms with van der Waals surface area (Å²) in [4.78, 5) is 11.1. The molecule has 0 spiro atoms. The number of carbonyl (C=O) groups is 1. The average molecular weight is 229 g/mol. The molecule has 0 bridgehead atoms. The molecule has 1 heterocycles. The van der Waals surface area contributed by atoms with Crippen LogP contribution in [0.15, 0.2) is 35.7 Å². The lowest BCUT2D eigenvalue weighted by Crippen LogP contribution is -1.85. The number of benzene rings is 1. The van der Waals surface area contributed by atoms with Crippen LogP contribution in [-0.2, 0) is 0 Å². The quantitative estimate of drug-likeness (QED) is 0.759. The van der Waals surface area contributed by atoms with E-state index in [1.165, 1.54) is 11.3 Å². The molecule has 0 saturated carbocycles. The Balaban J connectivity index is 2.27. The summed E-state index contributed by atoms with van der Waals surface area (Å²) in [6, 6.07) is 10.7. The predicted octanol–water partition coefficient (Wildman–Crippen LogP) is 3.22. The van der Waals surface area contributed by atoms with Crippen LogP contribution in [0.2, 0.25) is 0 Å². The minimum Gasteiger partial charge on any atom is -0.455 e. The Morgan fingerprint density at radius 2 is 2.19 bits per heavy atom. The zero-order valence-corrected chi connectivity index (χ0v) is 9.03. The highest BCUT2D eigenvalue weighted by atomic mass is 32.1. The lowest BCUT2D eigenvalue weighted by atomic mass is 10.2. The monoisotopic (exact) mass is 229 g/mol. The molecule has 1 aromatic carbocycles. The molecule has 0 amide bonds. The van der Waals surface area contributed by atoms with Gasteiger partial charge in [0.25, 0.3) is 0 Å². The molecule has 4 heteroatoms. The first kappa shape index (κ1) is 10.4. The topological polar surface area (TPSA) is 50.1 Å². The largest absolute Gasteiger partial charge is 0.455 e. The van der Waals surface area contributed by atoms with E-state index in [0.717, 1.165) is 6.29 Å². The maximum absolute atomic E-state index is 10.5. The van der Waals surface area contributed by atoms with Crippen LogP contribution in [0.5, 0.6) is 11.5 Å². The van der Waals surface area contributed by atoms with Gasteiger partial charge >= 0.3 is 0 Å². The molecule has 78 valence electrons. The molecule has 0 radical (unpaired) electrons. The molecule has 2 aromatic rings. The maximum atomic E-state index is 10.5. The molecule has 0 saturated heterocycles. The highest BCUT2D eigenvalue weighted by Gasteiger charge is 2.05. The molecule has 0 atom stereocenters. The molecular weight excluding hydrogens is 222 g/mol. The predicted molar refractivity (Wildman–Crippen MR) is 60.9 cm³/mol. The second-order valence-electron chi connectivity index (χ2n) is 3.01. The Bertz CT molecular complexity index is 554. The van der Waals surface area contributed by atoms with Gasteiger partial charge in [-0.2, -0.15) is 5.26 Å². The van der Waals surface area contributed by atoms with Crippen molar-refractivity contribution in [2.75, 3.05) is 0 Å². The van der Waals surface area contributed by atoms with Crippen LogP contribution in [0.3, 0.4) is 0 Å². The van der Waals surface area contributed by atoms with Crippen molar-refractivity contribution in [3.8, 4) is 17.6 Å². The molecular formula is C12H7NO2S. The van der Waals surface area contributed by atoms with E-state index < -0.39 is 0 Å². The van der Waals surface area contributed by atoms with Crippen molar-refractivity contribution in [2.45, 2.75) is 0 Å². The fourth-order valence-corrected chi connectivity index (χ4v) is 1.83. The summed E-state index contributed by atoms with van der Waals surface area (Å²) < 4.78 is 5.51. The second kappa shape index (κ2) is 4.60. The normalized spacial score (nSPS) is 9.44. The smallest absolute Gasteiger partial charge is 0.160 e. The van der Waals surface area contributed by atoms with Crippen LogP contribution in [0.4, 0.5) is 0 Å². The fraction of sp³-hybridized carbons (Fsp3) is 0. The van der Waals surface area contributed by atoms with Crippen LogP contribution in [0.1, 0.15) is 15.2 Å². The van der Waals surface area contributed by atoms with Gasteiger partial charge in [-0.25, -0.2) is 0 Å². The van der Waals surface area contributed by atoms with Gasteiger partial charge in [0.2, 0.25) is 0 Å². The number of para-hydroxylation sites is 1. The van der Waals surface area contributed by atoms with Crippen molar-refractivity contribution in [1.82, 2.24) is 0 Å². The van der Waals surface area contributed by atoms with Gasteiger partial charge in [-0.05, 0) is 12.1 Å². The zero-order valence-electron chi connectivity index (χ0n) is 8.21. The number of nitriles is 1. The Morgan fingerprint density at radius 1 is 1.38 bits per heavy atom. The van der Waals surface area contributed by atoms with Crippen molar-refractivity contribution in [1.29, 1.82) is 5.26 Å². The Hall–Kier alpha value is -2.12. The summed E-state index contributed by atoms with van der Waals surface area (Å²) in [5, 5.41) is 10.6. The van der Waals surface area contributed by atoms with Gasteiger partial charge in [-0.1, -0.05) is 12.1 Å². The molecule has 16 heavy (non-hydrogen) atoms. The lowest BCUT2D eigenvalue weighted by molar-refractivity contribution is 0.112. The van der Waals surface area contributed by atoms with E-state index in [9.17, 15) is 4.79 Å². The van der Waals surface area contributed by atoms with E-state index in [-0.39, 0.29) is 0 Å². The Morgan fingerprint density at radius 3 is 2.88 bits per heavy atom. The Labute approximate surface area is 96.5 Å². The summed E-state index contributed by atoms with van der Waals surface area (Å²) in [7, 11) is 0. The van der Waals surface area contributed by atoms with Gasteiger partial charge in [0, 0.05) is 11.4 Å². The van der Waals surface area contributed by atoms with Crippen LogP contribution >= 0.6 is 11.3 Å². The van der Waals surface area contributed by atoms with E-state index in [1.54, 1.807) is 35.7 Å². The standard InChI is InChI=1S/C12H7NO2S/c13-6-9-3-1-2-4-12(9)15-10-5-11(7-14)16-8-10/h1-5,7-8H. The zero-order chi connectivity index (χ0) is 11.4. The average Bonchev–Trinajstić information content (AvgIpc) is 2.77.